The molecule has 4 rings (SSSR count). The standard InChI is InChI=1S/C20H25N5S/c1-12-8-14(10-20(2,3)9-12)22-18-21-11-13-6-7-15-17(16(13)23-18)24-19(26-15)25(4)5/h8-9,11H,6-7,10H2,1-5H3,(H,21,22,23). The van der Waals surface area contributed by atoms with E-state index in [1.165, 1.54) is 21.7 Å². The lowest BCUT2D eigenvalue weighted by Crippen LogP contribution is -2.18. The highest BCUT2D eigenvalue weighted by atomic mass is 32.1. The average Bonchev–Trinajstić information content (AvgIpc) is 2.97. The maximum Gasteiger partial charge on any atom is 0.227 e. The summed E-state index contributed by atoms with van der Waals surface area (Å²) in [6, 6.07) is 0. The van der Waals surface area contributed by atoms with Crippen molar-refractivity contribution in [1.29, 1.82) is 0 Å². The Balaban J connectivity index is 1.66. The summed E-state index contributed by atoms with van der Waals surface area (Å²) in [7, 11) is 4.07. The topological polar surface area (TPSA) is 53.9 Å². The molecule has 2 aromatic rings. The smallest absolute Gasteiger partial charge is 0.227 e. The zero-order chi connectivity index (χ0) is 18.5. The molecule has 2 aliphatic rings. The number of aryl methyl sites for hydroxylation is 2. The molecule has 0 aliphatic heterocycles. The number of anilines is 2. The molecular formula is C20H25N5S. The van der Waals surface area contributed by atoms with Gasteiger partial charge in [0.1, 0.15) is 5.69 Å². The molecule has 136 valence electrons. The molecule has 0 saturated carbocycles. The first-order valence-corrected chi connectivity index (χ1v) is 9.83. The van der Waals surface area contributed by atoms with Crippen LogP contribution in [0.15, 0.2) is 29.6 Å². The van der Waals surface area contributed by atoms with Crippen LogP contribution in [-0.2, 0) is 12.8 Å². The van der Waals surface area contributed by atoms with Crippen LogP contribution in [0.2, 0.25) is 0 Å². The number of nitrogens with one attached hydrogen (secondary N) is 1. The summed E-state index contributed by atoms with van der Waals surface area (Å²) in [5, 5.41) is 4.48. The third kappa shape index (κ3) is 3.26. The molecule has 0 radical (unpaired) electrons. The van der Waals surface area contributed by atoms with Crippen LogP contribution >= 0.6 is 11.3 Å². The van der Waals surface area contributed by atoms with Gasteiger partial charge in [0.05, 0.1) is 5.69 Å². The van der Waals surface area contributed by atoms with E-state index in [2.05, 4.69) is 48.1 Å². The minimum atomic E-state index is 0.151. The van der Waals surface area contributed by atoms with Crippen molar-refractivity contribution in [3.8, 4) is 11.4 Å². The van der Waals surface area contributed by atoms with Gasteiger partial charge in [0.2, 0.25) is 5.95 Å². The van der Waals surface area contributed by atoms with Crippen molar-refractivity contribution in [2.24, 2.45) is 5.41 Å². The molecule has 0 unspecified atom stereocenters. The van der Waals surface area contributed by atoms with Crippen LogP contribution in [0, 0.1) is 5.41 Å². The molecule has 0 fully saturated rings. The Bertz CT molecular complexity index is 920. The SMILES string of the molecule is CC1=CC(C)(C)CC(Nc2ncc3c(n2)-c2nc(N(C)C)sc2CC3)=C1. The first-order valence-electron chi connectivity index (χ1n) is 9.01. The van der Waals surface area contributed by atoms with E-state index in [0.29, 0.717) is 5.95 Å². The van der Waals surface area contributed by atoms with Crippen molar-refractivity contribution in [3.05, 3.63) is 40.1 Å². The van der Waals surface area contributed by atoms with Crippen molar-refractivity contribution in [3.63, 3.8) is 0 Å². The Morgan fingerprint density at radius 3 is 2.69 bits per heavy atom. The first-order chi connectivity index (χ1) is 12.3. The van der Waals surface area contributed by atoms with Gasteiger partial charge >= 0.3 is 0 Å². The lowest BCUT2D eigenvalue weighted by atomic mass is 9.82. The van der Waals surface area contributed by atoms with Crippen LogP contribution in [0.5, 0.6) is 0 Å². The Hall–Kier alpha value is -2.21. The Labute approximate surface area is 158 Å². The molecule has 6 heteroatoms. The van der Waals surface area contributed by atoms with Gasteiger partial charge in [-0.05, 0) is 43.2 Å². The summed E-state index contributed by atoms with van der Waals surface area (Å²) in [5.74, 6) is 0.660. The second kappa shape index (κ2) is 6.20. The van der Waals surface area contributed by atoms with Crippen LogP contribution in [0.4, 0.5) is 11.1 Å². The van der Waals surface area contributed by atoms with Crippen LogP contribution < -0.4 is 10.2 Å². The number of rotatable bonds is 3. The fourth-order valence-electron chi connectivity index (χ4n) is 3.74. The van der Waals surface area contributed by atoms with Crippen LogP contribution in [0.3, 0.4) is 0 Å². The lowest BCUT2D eigenvalue weighted by Gasteiger charge is -2.27. The number of hydrogen-bond acceptors (Lipinski definition) is 6. The van der Waals surface area contributed by atoms with Gasteiger partial charge in [0.15, 0.2) is 5.13 Å². The van der Waals surface area contributed by atoms with E-state index < -0.39 is 0 Å². The van der Waals surface area contributed by atoms with E-state index in [9.17, 15) is 0 Å². The van der Waals surface area contributed by atoms with E-state index in [0.717, 1.165) is 35.8 Å². The molecule has 5 nitrogen and oxygen atoms in total. The summed E-state index contributed by atoms with van der Waals surface area (Å²) >= 11 is 1.76. The molecule has 0 spiro atoms. The molecule has 0 aromatic carbocycles. The van der Waals surface area contributed by atoms with E-state index in [4.69, 9.17) is 9.97 Å². The molecule has 2 aromatic heterocycles. The zero-order valence-electron chi connectivity index (χ0n) is 16.1. The maximum absolute atomic E-state index is 4.84. The molecule has 0 bridgehead atoms. The van der Waals surface area contributed by atoms with Crippen molar-refractivity contribution in [2.45, 2.75) is 40.0 Å². The fourth-order valence-corrected chi connectivity index (χ4v) is 4.72. The lowest BCUT2D eigenvalue weighted by molar-refractivity contribution is 0.467. The summed E-state index contributed by atoms with van der Waals surface area (Å²) in [6.07, 6.45) is 9.42. The normalized spacial score (nSPS) is 17.7. The summed E-state index contributed by atoms with van der Waals surface area (Å²) in [4.78, 5) is 17.6. The molecule has 0 saturated heterocycles. The summed E-state index contributed by atoms with van der Waals surface area (Å²) in [6.45, 7) is 6.65. The number of allylic oxidation sites excluding steroid dienone is 4. The average molecular weight is 368 g/mol. The minimum absolute atomic E-state index is 0.151. The summed E-state index contributed by atoms with van der Waals surface area (Å²) in [5.41, 5.74) is 5.79. The minimum Gasteiger partial charge on any atom is -0.354 e. The summed E-state index contributed by atoms with van der Waals surface area (Å²) < 4.78 is 0. The molecule has 26 heavy (non-hydrogen) atoms. The van der Waals surface area contributed by atoms with Crippen LogP contribution in [-0.4, -0.2) is 29.0 Å². The highest BCUT2D eigenvalue weighted by Crippen LogP contribution is 2.38. The van der Waals surface area contributed by atoms with Crippen molar-refractivity contribution in [1.82, 2.24) is 15.0 Å². The first kappa shape index (κ1) is 17.2. The van der Waals surface area contributed by atoms with E-state index >= 15 is 0 Å². The Kier molecular flexibility index (Phi) is 4.10. The van der Waals surface area contributed by atoms with Gasteiger partial charge in [0.25, 0.3) is 0 Å². The van der Waals surface area contributed by atoms with E-state index in [1.807, 2.05) is 20.3 Å². The van der Waals surface area contributed by atoms with Crippen molar-refractivity contribution in [2.75, 3.05) is 24.3 Å². The van der Waals surface area contributed by atoms with Gasteiger partial charge in [-0.2, -0.15) is 0 Å². The molecule has 2 aliphatic carbocycles. The molecule has 2 heterocycles. The molecule has 0 atom stereocenters. The largest absolute Gasteiger partial charge is 0.354 e. The third-order valence-corrected chi connectivity index (χ3v) is 6.00. The van der Waals surface area contributed by atoms with Gasteiger partial charge in [-0.15, -0.1) is 11.3 Å². The van der Waals surface area contributed by atoms with Crippen LogP contribution in [0.1, 0.15) is 37.6 Å². The number of hydrogen-bond donors (Lipinski definition) is 1. The molecule has 1 N–H and O–H groups in total. The fraction of sp³-hybridized carbons (Fsp3) is 0.450. The number of nitrogens with zero attached hydrogens (tertiary/aromatic N) is 4. The maximum atomic E-state index is 4.84. The van der Waals surface area contributed by atoms with E-state index in [1.54, 1.807) is 11.3 Å². The number of aromatic nitrogens is 3. The highest BCUT2D eigenvalue weighted by Gasteiger charge is 2.25. The quantitative estimate of drug-likeness (QED) is 0.869. The van der Waals surface area contributed by atoms with Gasteiger partial charge in [-0.3, -0.25) is 0 Å². The van der Waals surface area contributed by atoms with Crippen LogP contribution in [0.25, 0.3) is 11.4 Å². The second-order valence-electron chi connectivity index (χ2n) is 8.08. The van der Waals surface area contributed by atoms with Crippen molar-refractivity contribution < 1.29 is 0 Å². The molecule has 0 amide bonds. The number of thiazole rings is 1. The zero-order valence-corrected chi connectivity index (χ0v) is 16.9. The monoisotopic (exact) mass is 367 g/mol. The predicted octanol–water partition coefficient (Wildman–Crippen LogP) is 4.44. The van der Waals surface area contributed by atoms with Gasteiger partial charge in [0, 0.05) is 30.9 Å². The Morgan fingerprint density at radius 1 is 1.15 bits per heavy atom. The van der Waals surface area contributed by atoms with E-state index in [-0.39, 0.29) is 5.41 Å². The Morgan fingerprint density at radius 2 is 1.96 bits per heavy atom. The van der Waals surface area contributed by atoms with Gasteiger partial charge < -0.3 is 10.2 Å². The van der Waals surface area contributed by atoms with Gasteiger partial charge in [-0.1, -0.05) is 25.5 Å². The third-order valence-electron chi connectivity index (χ3n) is 4.72. The van der Waals surface area contributed by atoms with Gasteiger partial charge in [-0.25, -0.2) is 15.0 Å². The molecular weight excluding hydrogens is 342 g/mol. The predicted molar refractivity (Wildman–Crippen MR) is 109 cm³/mol. The second-order valence-corrected chi connectivity index (χ2v) is 9.14. The highest BCUT2D eigenvalue weighted by molar-refractivity contribution is 7.16. The van der Waals surface area contributed by atoms with Crippen molar-refractivity contribution >= 4 is 22.4 Å². The number of fused-ring (bicyclic) bond motifs is 3.